The maximum atomic E-state index is 12.9. The van der Waals surface area contributed by atoms with E-state index >= 15 is 0 Å². The van der Waals surface area contributed by atoms with Crippen LogP contribution in [0.1, 0.15) is 18.2 Å². The van der Waals surface area contributed by atoms with Crippen LogP contribution in [0.4, 0.5) is 11.5 Å². The summed E-state index contributed by atoms with van der Waals surface area (Å²) in [6, 6.07) is 7.37. The molecule has 0 aliphatic rings. The highest BCUT2D eigenvalue weighted by atomic mass is 32.2. The van der Waals surface area contributed by atoms with Crippen LogP contribution in [0.25, 0.3) is 0 Å². The highest BCUT2D eigenvalue weighted by Crippen LogP contribution is 2.29. The standard InChI is InChI=1S/C14H20N4O2S/c1-5-18(12-8-6-7-10(2)9-12)21(19,20)13-11(3)17(4)16-14(13)15/h6-9H,5H2,1-4H3,(H2,15,16). The molecule has 0 bridgehead atoms. The topological polar surface area (TPSA) is 81.2 Å². The zero-order valence-electron chi connectivity index (χ0n) is 12.7. The molecule has 0 saturated heterocycles. The van der Waals surface area contributed by atoms with Crippen molar-refractivity contribution in [3.05, 3.63) is 35.5 Å². The van der Waals surface area contributed by atoms with Crippen molar-refractivity contribution in [3.63, 3.8) is 0 Å². The summed E-state index contributed by atoms with van der Waals surface area (Å²) in [4.78, 5) is 0.0772. The minimum absolute atomic E-state index is 0.0288. The highest BCUT2D eigenvalue weighted by molar-refractivity contribution is 7.93. The van der Waals surface area contributed by atoms with Gasteiger partial charge in [0.25, 0.3) is 10.0 Å². The minimum Gasteiger partial charge on any atom is -0.381 e. The molecular formula is C14H20N4O2S. The molecule has 1 heterocycles. The number of sulfonamides is 1. The Morgan fingerprint density at radius 2 is 2.00 bits per heavy atom. The predicted octanol–water partition coefficient (Wildman–Crippen LogP) is 1.83. The zero-order chi connectivity index (χ0) is 15.8. The number of rotatable bonds is 4. The van der Waals surface area contributed by atoms with Crippen molar-refractivity contribution in [2.75, 3.05) is 16.6 Å². The fraction of sp³-hybridized carbons (Fsp3) is 0.357. The van der Waals surface area contributed by atoms with E-state index in [0.717, 1.165) is 5.56 Å². The summed E-state index contributed by atoms with van der Waals surface area (Å²) in [6.07, 6.45) is 0. The molecule has 0 atom stereocenters. The van der Waals surface area contributed by atoms with Crippen LogP contribution in [-0.2, 0) is 17.1 Å². The van der Waals surface area contributed by atoms with Crippen molar-refractivity contribution < 1.29 is 8.42 Å². The molecule has 0 fully saturated rings. The first-order valence-corrected chi connectivity index (χ1v) is 8.11. The molecule has 0 aliphatic carbocycles. The summed E-state index contributed by atoms with van der Waals surface area (Å²) in [5, 5.41) is 3.99. The van der Waals surface area contributed by atoms with Crippen molar-refractivity contribution in [2.24, 2.45) is 7.05 Å². The first kappa shape index (κ1) is 15.4. The predicted molar refractivity (Wildman–Crippen MR) is 83.7 cm³/mol. The zero-order valence-corrected chi connectivity index (χ0v) is 13.5. The Bertz CT molecular complexity index is 765. The number of benzene rings is 1. The van der Waals surface area contributed by atoms with Gasteiger partial charge in [0.2, 0.25) is 0 Å². The number of aryl methyl sites for hydroxylation is 2. The van der Waals surface area contributed by atoms with Crippen molar-refractivity contribution in [1.29, 1.82) is 0 Å². The van der Waals surface area contributed by atoms with Crippen LogP contribution in [0.5, 0.6) is 0 Å². The van der Waals surface area contributed by atoms with Gasteiger partial charge in [-0.1, -0.05) is 12.1 Å². The maximum Gasteiger partial charge on any atom is 0.269 e. The average Bonchev–Trinajstić information content (AvgIpc) is 2.64. The van der Waals surface area contributed by atoms with E-state index in [0.29, 0.717) is 17.9 Å². The Morgan fingerprint density at radius 3 is 2.48 bits per heavy atom. The number of aromatic nitrogens is 2. The molecule has 21 heavy (non-hydrogen) atoms. The van der Waals surface area contributed by atoms with Gasteiger partial charge in [-0.2, -0.15) is 5.10 Å². The molecule has 0 saturated carbocycles. The van der Waals surface area contributed by atoms with Gasteiger partial charge in [-0.3, -0.25) is 8.99 Å². The van der Waals surface area contributed by atoms with Gasteiger partial charge in [0.1, 0.15) is 0 Å². The van der Waals surface area contributed by atoms with Crippen molar-refractivity contribution >= 4 is 21.5 Å². The van der Waals surface area contributed by atoms with Crippen LogP contribution < -0.4 is 10.0 Å². The molecule has 7 heteroatoms. The molecule has 0 aliphatic heterocycles. The first-order chi connectivity index (χ1) is 9.78. The molecule has 0 amide bonds. The van der Waals surface area contributed by atoms with E-state index < -0.39 is 10.0 Å². The van der Waals surface area contributed by atoms with E-state index in [2.05, 4.69) is 5.10 Å². The molecule has 1 aromatic heterocycles. The number of nitrogens with two attached hydrogens (primary N) is 1. The normalized spacial score (nSPS) is 11.6. The van der Waals surface area contributed by atoms with E-state index in [1.165, 1.54) is 8.99 Å². The fourth-order valence-electron chi connectivity index (χ4n) is 2.32. The second-order valence-electron chi connectivity index (χ2n) is 4.93. The molecule has 2 N–H and O–H groups in total. The van der Waals surface area contributed by atoms with Crippen LogP contribution >= 0.6 is 0 Å². The number of nitrogens with zero attached hydrogens (tertiary/aromatic N) is 3. The summed E-state index contributed by atoms with van der Waals surface area (Å²) in [5.74, 6) is 0.0288. The summed E-state index contributed by atoms with van der Waals surface area (Å²) in [5.41, 5.74) is 7.94. The van der Waals surface area contributed by atoms with Crippen molar-refractivity contribution in [1.82, 2.24) is 9.78 Å². The lowest BCUT2D eigenvalue weighted by atomic mass is 10.2. The molecule has 114 valence electrons. The number of nitrogen functional groups attached to an aromatic ring is 1. The van der Waals surface area contributed by atoms with E-state index in [1.54, 1.807) is 27.0 Å². The summed E-state index contributed by atoms with van der Waals surface area (Å²) >= 11 is 0. The number of hydrogen-bond donors (Lipinski definition) is 1. The molecule has 2 aromatic rings. The van der Waals surface area contributed by atoms with Gasteiger partial charge in [0.05, 0.1) is 11.4 Å². The van der Waals surface area contributed by atoms with E-state index in [9.17, 15) is 8.42 Å². The Morgan fingerprint density at radius 1 is 1.33 bits per heavy atom. The van der Waals surface area contributed by atoms with Crippen LogP contribution in [0, 0.1) is 13.8 Å². The second kappa shape index (κ2) is 5.40. The van der Waals surface area contributed by atoms with E-state index in [-0.39, 0.29) is 10.7 Å². The van der Waals surface area contributed by atoms with Gasteiger partial charge in [-0.05, 0) is 38.5 Å². The van der Waals surface area contributed by atoms with Gasteiger partial charge in [-0.25, -0.2) is 8.42 Å². The lowest BCUT2D eigenvalue weighted by molar-refractivity contribution is 0.591. The quantitative estimate of drug-likeness (QED) is 0.934. The third-order valence-electron chi connectivity index (χ3n) is 3.43. The van der Waals surface area contributed by atoms with Crippen LogP contribution in [0.15, 0.2) is 29.2 Å². The summed E-state index contributed by atoms with van der Waals surface area (Å²) in [6.45, 7) is 5.73. The molecule has 2 rings (SSSR count). The summed E-state index contributed by atoms with van der Waals surface area (Å²) < 4.78 is 28.7. The Labute approximate surface area is 125 Å². The lowest BCUT2D eigenvalue weighted by Gasteiger charge is -2.23. The van der Waals surface area contributed by atoms with Crippen molar-refractivity contribution in [3.8, 4) is 0 Å². The SMILES string of the molecule is CCN(c1cccc(C)c1)S(=O)(=O)c1c(N)nn(C)c1C. The Hall–Kier alpha value is -2.02. The van der Waals surface area contributed by atoms with Gasteiger partial charge >= 0.3 is 0 Å². The fourth-order valence-corrected chi connectivity index (χ4v) is 4.08. The van der Waals surface area contributed by atoms with Gasteiger partial charge in [0.15, 0.2) is 10.7 Å². The number of anilines is 2. The third-order valence-corrected chi connectivity index (χ3v) is 5.50. The van der Waals surface area contributed by atoms with Crippen LogP contribution in [0.2, 0.25) is 0 Å². The molecule has 0 spiro atoms. The molecule has 0 radical (unpaired) electrons. The van der Waals surface area contributed by atoms with Crippen molar-refractivity contribution in [2.45, 2.75) is 25.7 Å². The Balaban J connectivity index is 2.60. The molecular weight excluding hydrogens is 288 g/mol. The van der Waals surface area contributed by atoms with E-state index in [4.69, 9.17) is 5.73 Å². The summed E-state index contributed by atoms with van der Waals surface area (Å²) in [7, 11) is -2.06. The minimum atomic E-state index is -3.74. The smallest absolute Gasteiger partial charge is 0.269 e. The van der Waals surface area contributed by atoms with Gasteiger partial charge in [-0.15, -0.1) is 0 Å². The number of hydrogen-bond acceptors (Lipinski definition) is 4. The highest BCUT2D eigenvalue weighted by Gasteiger charge is 2.30. The second-order valence-corrected chi connectivity index (χ2v) is 6.73. The first-order valence-electron chi connectivity index (χ1n) is 6.67. The van der Waals surface area contributed by atoms with E-state index in [1.807, 2.05) is 25.1 Å². The van der Waals surface area contributed by atoms with Gasteiger partial charge < -0.3 is 5.73 Å². The average molecular weight is 308 g/mol. The largest absolute Gasteiger partial charge is 0.381 e. The van der Waals surface area contributed by atoms with Crippen LogP contribution in [0.3, 0.4) is 0 Å². The Kier molecular flexibility index (Phi) is 3.95. The monoisotopic (exact) mass is 308 g/mol. The molecule has 6 nitrogen and oxygen atoms in total. The lowest BCUT2D eigenvalue weighted by Crippen LogP contribution is -2.31. The third kappa shape index (κ3) is 2.61. The maximum absolute atomic E-state index is 12.9. The molecule has 0 unspecified atom stereocenters. The van der Waals surface area contributed by atoms with Gasteiger partial charge in [0, 0.05) is 13.6 Å². The van der Waals surface area contributed by atoms with Crippen LogP contribution in [-0.4, -0.2) is 24.7 Å². The molecule has 1 aromatic carbocycles.